The molecule has 7 heteroatoms. The summed E-state index contributed by atoms with van der Waals surface area (Å²) in [7, 11) is 0. The number of fused-ring (bicyclic) bond motifs is 1. The maximum absolute atomic E-state index is 13.1. The number of para-hydroxylation sites is 2. The molecule has 4 nitrogen and oxygen atoms in total. The van der Waals surface area contributed by atoms with Crippen LogP contribution in [0.25, 0.3) is 0 Å². The molecular formula is C20H23F3N4. The van der Waals surface area contributed by atoms with Crippen LogP contribution in [-0.4, -0.2) is 50.8 Å². The second-order valence-corrected chi connectivity index (χ2v) is 6.96. The highest BCUT2D eigenvalue weighted by Gasteiger charge is 2.32. The molecule has 2 aliphatic heterocycles. The molecule has 0 spiro atoms. The van der Waals surface area contributed by atoms with Crippen LogP contribution in [0.15, 0.2) is 48.5 Å². The number of nitrogens with one attached hydrogen (secondary N) is 1. The Bertz CT molecular complexity index is 787. The van der Waals surface area contributed by atoms with Gasteiger partial charge in [-0.2, -0.15) is 13.2 Å². The Morgan fingerprint density at radius 2 is 1.59 bits per heavy atom. The molecule has 1 saturated heterocycles. The van der Waals surface area contributed by atoms with Gasteiger partial charge in [-0.05, 0) is 30.3 Å². The maximum atomic E-state index is 13.1. The Morgan fingerprint density at radius 1 is 0.852 bits per heavy atom. The van der Waals surface area contributed by atoms with Crippen molar-refractivity contribution in [1.29, 1.82) is 0 Å². The van der Waals surface area contributed by atoms with Crippen LogP contribution < -0.4 is 15.1 Å². The lowest BCUT2D eigenvalue weighted by Crippen LogP contribution is -2.50. The Labute approximate surface area is 157 Å². The van der Waals surface area contributed by atoms with Gasteiger partial charge in [-0.25, -0.2) is 0 Å². The molecule has 2 heterocycles. The smallest absolute Gasteiger partial charge is 0.355 e. The molecule has 0 aliphatic carbocycles. The van der Waals surface area contributed by atoms with Crippen molar-refractivity contribution >= 4 is 17.1 Å². The summed E-state index contributed by atoms with van der Waals surface area (Å²) in [6, 6.07) is 13.6. The number of hydrogen-bond donors (Lipinski definition) is 1. The number of anilines is 3. The number of alkyl halides is 3. The summed E-state index contributed by atoms with van der Waals surface area (Å²) in [4.78, 5) is 6.72. The summed E-state index contributed by atoms with van der Waals surface area (Å²) in [5.41, 5.74) is 2.00. The van der Waals surface area contributed by atoms with Gasteiger partial charge in [0.2, 0.25) is 0 Å². The second-order valence-electron chi connectivity index (χ2n) is 6.96. The van der Waals surface area contributed by atoms with Gasteiger partial charge in [-0.15, -0.1) is 0 Å². The van der Waals surface area contributed by atoms with Gasteiger partial charge in [0, 0.05) is 45.0 Å². The van der Waals surface area contributed by atoms with Crippen LogP contribution in [0.1, 0.15) is 5.56 Å². The van der Waals surface area contributed by atoms with Crippen LogP contribution in [0.5, 0.6) is 0 Å². The molecule has 2 aromatic carbocycles. The van der Waals surface area contributed by atoms with Crippen LogP contribution in [0, 0.1) is 0 Å². The van der Waals surface area contributed by atoms with Crippen LogP contribution >= 0.6 is 0 Å². The third kappa shape index (κ3) is 3.89. The van der Waals surface area contributed by atoms with Gasteiger partial charge in [0.15, 0.2) is 0 Å². The first-order valence-electron chi connectivity index (χ1n) is 9.24. The molecule has 0 unspecified atom stereocenters. The van der Waals surface area contributed by atoms with Crippen molar-refractivity contribution in [1.82, 2.24) is 10.2 Å². The highest BCUT2D eigenvalue weighted by atomic mass is 19.4. The lowest BCUT2D eigenvalue weighted by molar-refractivity contribution is -0.137. The fourth-order valence-electron chi connectivity index (χ4n) is 3.78. The van der Waals surface area contributed by atoms with Gasteiger partial charge in [0.1, 0.15) is 0 Å². The summed E-state index contributed by atoms with van der Waals surface area (Å²) in [5.74, 6) is 0. The largest absolute Gasteiger partial charge is 0.416 e. The zero-order chi connectivity index (χ0) is 18.9. The van der Waals surface area contributed by atoms with Gasteiger partial charge >= 0.3 is 6.18 Å². The van der Waals surface area contributed by atoms with E-state index in [-0.39, 0.29) is 0 Å². The lowest BCUT2D eigenvalue weighted by Gasteiger charge is -2.42. The number of nitrogens with zero attached hydrogens (tertiary/aromatic N) is 3. The lowest BCUT2D eigenvalue weighted by atomic mass is 10.1. The molecule has 0 bridgehead atoms. The predicted octanol–water partition coefficient (Wildman–Crippen LogP) is 3.53. The highest BCUT2D eigenvalue weighted by Crippen LogP contribution is 2.39. The van der Waals surface area contributed by atoms with E-state index >= 15 is 0 Å². The fraction of sp³-hybridized carbons (Fsp3) is 0.400. The monoisotopic (exact) mass is 376 g/mol. The number of halogens is 3. The van der Waals surface area contributed by atoms with Crippen LogP contribution in [0.3, 0.4) is 0 Å². The molecule has 0 saturated carbocycles. The van der Waals surface area contributed by atoms with Gasteiger partial charge in [-0.3, -0.25) is 4.90 Å². The minimum Gasteiger partial charge on any atom is -0.355 e. The third-order valence-corrected chi connectivity index (χ3v) is 5.17. The Hall–Kier alpha value is -2.25. The second kappa shape index (κ2) is 7.40. The summed E-state index contributed by atoms with van der Waals surface area (Å²) in [5, 5.41) is 3.36. The molecular weight excluding hydrogens is 353 g/mol. The minimum absolute atomic E-state index is 0.582. The maximum Gasteiger partial charge on any atom is 0.416 e. The average Bonchev–Trinajstić information content (AvgIpc) is 2.68. The molecule has 144 valence electrons. The van der Waals surface area contributed by atoms with Crippen molar-refractivity contribution in [2.45, 2.75) is 6.18 Å². The first-order valence-corrected chi connectivity index (χ1v) is 9.24. The van der Waals surface area contributed by atoms with Gasteiger partial charge in [0.25, 0.3) is 0 Å². The van der Waals surface area contributed by atoms with Crippen molar-refractivity contribution in [2.24, 2.45) is 0 Å². The van der Waals surface area contributed by atoms with E-state index in [9.17, 15) is 13.2 Å². The summed E-state index contributed by atoms with van der Waals surface area (Å²) < 4.78 is 39.3. The van der Waals surface area contributed by atoms with E-state index in [0.29, 0.717) is 12.2 Å². The zero-order valence-electron chi connectivity index (χ0n) is 15.0. The number of hydrogen-bond acceptors (Lipinski definition) is 4. The SMILES string of the molecule is FC(F)(F)c1cccc(N2CCN(CN3CCNCC3)c3ccccc32)c1. The first kappa shape index (κ1) is 18.1. The van der Waals surface area contributed by atoms with Crippen LogP contribution in [0.4, 0.5) is 30.2 Å². The van der Waals surface area contributed by atoms with E-state index in [4.69, 9.17) is 0 Å². The predicted molar refractivity (Wildman–Crippen MR) is 102 cm³/mol. The van der Waals surface area contributed by atoms with E-state index in [1.54, 1.807) is 6.07 Å². The van der Waals surface area contributed by atoms with Crippen molar-refractivity contribution in [2.75, 3.05) is 55.7 Å². The Balaban J connectivity index is 1.61. The van der Waals surface area contributed by atoms with E-state index < -0.39 is 11.7 Å². The molecule has 0 radical (unpaired) electrons. The van der Waals surface area contributed by atoms with Crippen molar-refractivity contribution in [3.63, 3.8) is 0 Å². The van der Waals surface area contributed by atoms with E-state index in [2.05, 4.69) is 21.2 Å². The van der Waals surface area contributed by atoms with Gasteiger partial charge in [-0.1, -0.05) is 18.2 Å². The fourth-order valence-corrected chi connectivity index (χ4v) is 3.78. The minimum atomic E-state index is -4.33. The molecule has 4 rings (SSSR count). The molecule has 2 aliphatic rings. The van der Waals surface area contributed by atoms with E-state index in [1.165, 1.54) is 12.1 Å². The van der Waals surface area contributed by atoms with E-state index in [0.717, 1.165) is 56.8 Å². The molecule has 2 aromatic rings. The van der Waals surface area contributed by atoms with Crippen LogP contribution in [-0.2, 0) is 6.18 Å². The van der Waals surface area contributed by atoms with Gasteiger partial charge < -0.3 is 15.1 Å². The number of piperazine rings is 1. The molecule has 1 fully saturated rings. The Kier molecular flexibility index (Phi) is 4.97. The van der Waals surface area contributed by atoms with Gasteiger partial charge in [0.05, 0.1) is 23.6 Å². The molecule has 0 atom stereocenters. The number of benzene rings is 2. The molecule has 0 amide bonds. The molecule has 27 heavy (non-hydrogen) atoms. The molecule has 1 N–H and O–H groups in total. The third-order valence-electron chi connectivity index (χ3n) is 5.17. The highest BCUT2D eigenvalue weighted by molar-refractivity contribution is 5.79. The van der Waals surface area contributed by atoms with Crippen molar-refractivity contribution in [3.05, 3.63) is 54.1 Å². The van der Waals surface area contributed by atoms with Crippen LogP contribution in [0.2, 0.25) is 0 Å². The quantitative estimate of drug-likeness (QED) is 0.885. The summed E-state index contributed by atoms with van der Waals surface area (Å²) in [6.07, 6.45) is -4.33. The average molecular weight is 376 g/mol. The van der Waals surface area contributed by atoms with Crippen molar-refractivity contribution in [3.8, 4) is 0 Å². The van der Waals surface area contributed by atoms with E-state index in [1.807, 2.05) is 23.1 Å². The normalized spacial score (nSPS) is 18.5. The molecule has 0 aromatic heterocycles. The standard InChI is InChI=1S/C20H23F3N4/c21-20(22,23)16-4-3-5-17(14-16)27-13-12-26(15-25-10-8-24-9-11-25)18-6-1-2-7-19(18)27/h1-7,14,24H,8-13,15H2. The topological polar surface area (TPSA) is 21.8 Å². The summed E-state index contributed by atoms with van der Waals surface area (Å²) >= 11 is 0. The zero-order valence-corrected chi connectivity index (χ0v) is 15.0. The number of rotatable bonds is 3. The summed E-state index contributed by atoms with van der Waals surface area (Å²) in [6.45, 7) is 6.28. The first-order chi connectivity index (χ1) is 13.0. The van der Waals surface area contributed by atoms with Crippen molar-refractivity contribution < 1.29 is 13.2 Å². The Morgan fingerprint density at radius 3 is 2.33 bits per heavy atom.